The van der Waals surface area contributed by atoms with Gasteiger partial charge in [0.05, 0.1) is 13.7 Å². The first-order valence-electron chi connectivity index (χ1n) is 6.91. The van der Waals surface area contributed by atoms with Crippen molar-refractivity contribution in [2.45, 2.75) is 13.3 Å². The zero-order chi connectivity index (χ0) is 14.2. The Hall–Kier alpha value is -2.16. The number of ether oxygens (including phenoxy) is 2. The highest BCUT2D eigenvalue weighted by atomic mass is 16.5. The van der Waals surface area contributed by atoms with Gasteiger partial charge in [-0.05, 0) is 55.3 Å². The molecule has 0 saturated heterocycles. The monoisotopic (exact) mass is 271 g/mol. The van der Waals surface area contributed by atoms with Crippen LogP contribution in [-0.2, 0) is 6.42 Å². The standard InChI is InChI=1S/C17H21NO2/c1-3-20-17-10-6-15(7-11-17)18-13-12-14-4-8-16(19-2)9-5-14/h4-11,18H,3,12-13H2,1-2H3. The summed E-state index contributed by atoms with van der Waals surface area (Å²) in [4.78, 5) is 0. The fourth-order valence-electron chi connectivity index (χ4n) is 1.98. The summed E-state index contributed by atoms with van der Waals surface area (Å²) in [5.74, 6) is 1.81. The Morgan fingerprint density at radius 3 is 2.15 bits per heavy atom. The van der Waals surface area contributed by atoms with Gasteiger partial charge in [0.1, 0.15) is 11.5 Å². The molecule has 0 unspecified atom stereocenters. The van der Waals surface area contributed by atoms with E-state index in [4.69, 9.17) is 9.47 Å². The fraction of sp³-hybridized carbons (Fsp3) is 0.294. The molecule has 0 radical (unpaired) electrons. The average Bonchev–Trinajstić information content (AvgIpc) is 2.50. The van der Waals surface area contributed by atoms with E-state index in [-0.39, 0.29) is 0 Å². The number of hydrogen-bond acceptors (Lipinski definition) is 3. The molecule has 0 heterocycles. The van der Waals surface area contributed by atoms with Crippen LogP contribution in [-0.4, -0.2) is 20.3 Å². The molecule has 0 atom stereocenters. The van der Waals surface area contributed by atoms with Gasteiger partial charge in [-0.1, -0.05) is 12.1 Å². The number of rotatable bonds is 7. The summed E-state index contributed by atoms with van der Waals surface area (Å²) >= 11 is 0. The highest BCUT2D eigenvalue weighted by molar-refractivity contribution is 5.46. The number of nitrogens with one attached hydrogen (secondary N) is 1. The Bertz CT molecular complexity index is 506. The molecule has 0 saturated carbocycles. The van der Waals surface area contributed by atoms with Gasteiger partial charge in [0, 0.05) is 12.2 Å². The lowest BCUT2D eigenvalue weighted by molar-refractivity contribution is 0.340. The van der Waals surface area contributed by atoms with Crippen molar-refractivity contribution < 1.29 is 9.47 Å². The number of anilines is 1. The Morgan fingerprint density at radius 1 is 0.900 bits per heavy atom. The van der Waals surface area contributed by atoms with E-state index in [1.807, 2.05) is 43.3 Å². The Morgan fingerprint density at radius 2 is 1.55 bits per heavy atom. The van der Waals surface area contributed by atoms with Crippen LogP contribution in [0.1, 0.15) is 12.5 Å². The summed E-state index contributed by atoms with van der Waals surface area (Å²) in [6.45, 7) is 3.59. The van der Waals surface area contributed by atoms with Gasteiger partial charge >= 0.3 is 0 Å². The molecule has 0 aliphatic heterocycles. The second kappa shape index (κ2) is 7.43. The van der Waals surface area contributed by atoms with E-state index < -0.39 is 0 Å². The molecule has 2 rings (SSSR count). The molecule has 0 fully saturated rings. The van der Waals surface area contributed by atoms with Crippen LogP contribution in [0.3, 0.4) is 0 Å². The summed E-state index contributed by atoms with van der Waals surface area (Å²) in [6.07, 6.45) is 0.983. The van der Waals surface area contributed by atoms with Gasteiger partial charge in [-0.25, -0.2) is 0 Å². The molecule has 0 amide bonds. The van der Waals surface area contributed by atoms with Gasteiger partial charge in [0.15, 0.2) is 0 Å². The van der Waals surface area contributed by atoms with Crippen LogP contribution in [0, 0.1) is 0 Å². The van der Waals surface area contributed by atoms with E-state index in [1.54, 1.807) is 7.11 Å². The smallest absolute Gasteiger partial charge is 0.119 e. The summed E-state index contributed by atoms with van der Waals surface area (Å²) in [7, 11) is 1.68. The van der Waals surface area contributed by atoms with Crippen molar-refractivity contribution in [3.05, 3.63) is 54.1 Å². The molecule has 0 aliphatic carbocycles. The SMILES string of the molecule is CCOc1ccc(NCCc2ccc(OC)cc2)cc1. The van der Waals surface area contributed by atoms with Crippen molar-refractivity contribution in [3.63, 3.8) is 0 Å². The van der Waals surface area contributed by atoms with Crippen LogP contribution in [0.15, 0.2) is 48.5 Å². The fourth-order valence-corrected chi connectivity index (χ4v) is 1.98. The van der Waals surface area contributed by atoms with Crippen LogP contribution in [0.25, 0.3) is 0 Å². The highest BCUT2D eigenvalue weighted by Crippen LogP contribution is 2.16. The minimum Gasteiger partial charge on any atom is -0.497 e. The third-order valence-corrected chi connectivity index (χ3v) is 3.07. The van der Waals surface area contributed by atoms with Crippen LogP contribution in [0.5, 0.6) is 11.5 Å². The minimum atomic E-state index is 0.699. The molecule has 0 bridgehead atoms. The summed E-state index contributed by atoms with van der Waals surface area (Å²) in [6, 6.07) is 16.2. The zero-order valence-corrected chi connectivity index (χ0v) is 12.1. The third-order valence-electron chi connectivity index (χ3n) is 3.07. The summed E-state index contributed by atoms with van der Waals surface area (Å²) in [5.41, 5.74) is 2.41. The largest absolute Gasteiger partial charge is 0.497 e. The lowest BCUT2D eigenvalue weighted by atomic mass is 10.1. The van der Waals surface area contributed by atoms with E-state index >= 15 is 0 Å². The van der Waals surface area contributed by atoms with Gasteiger partial charge in [-0.15, -0.1) is 0 Å². The lowest BCUT2D eigenvalue weighted by Crippen LogP contribution is -2.04. The normalized spacial score (nSPS) is 10.1. The molecule has 0 aromatic heterocycles. The maximum Gasteiger partial charge on any atom is 0.119 e. The van der Waals surface area contributed by atoms with Crippen molar-refractivity contribution >= 4 is 5.69 Å². The van der Waals surface area contributed by atoms with Crippen LogP contribution in [0.2, 0.25) is 0 Å². The summed E-state index contributed by atoms with van der Waals surface area (Å²) in [5, 5.41) is 3.40. The zero-order valence-electron chi connectivity index (χ0n) is 12.1. The van der Waals surface area contributed by atoms with Gasteiger partial charge in [-0.2, -0.15) is 0 Å². The molecule has 0 aliphatic rings. The molecule has 106 valence electrons. The first kappa shape index (κ1) is 14.3. The highest BCUT2D eigenvalue weighted by Gasteiger charge is 1.97. The Labute approximate surface area is 120 Å². The Balaban J connectivity index is 1.79. The van der Waals surface area contributed by atoms with Crippen LogP contribution in [0.4, 0.5) is 5.69 Å². The average molecular weight is 271 g/mol. The van der Waals surface area contributed by atoms with Crippen molar-refractivity contribution in [2.75, 3.05) is 25.6 Å². The molecule has 2 aromatic carbocycles. The number of benzene rings is 2. The lowest BCUT2D eigenvalue weighted by Gasteiger charge is -2.08. The van der Waals surface area contributed by atoms with Crippen molar-refractivity contribution in [3.8, 4) is 11.5 Å². The topological polar surface area (TPSA) is 30.5 Å². The van der Waals surface area contributed by atoms with Crippen LogP contribution < -0.4 is 14.8 Å². The van der Waals surface area contributed by atoms with E-state index in [2.05, 4.69) is 17.4 Å². The molecule has 3 nitrogen and oxygen atoms in total. The number of methoxy groups -OCH3 is 1. The van der Waals surface area contributed by atoms with Crippen LogP contribution >= 0.6 is 0 Å². The van der Waals surface area contributed by atoms with Crippen molar-refractivity contribution in [2.24, 2.45) is 0 Å². The van der Waals surface area contributed by atoms with Gasteiger partial charge in [0.2, 0.25) is 0 Å². The first-order chi connectivity index (χ1) is 9.81. The second-order valence-corrected chi connectivity index (χ2v) is 4.48. The molecule has 1 N–H and O–H groups in total. The van der Waals surface area contributed by atoms with Gasteiger partial charge in [-0.3, -0.25) is 0 Å². The third kappa shape index (κ3) is 4.19. The second-order valence-electron chi connectivity index (χ2n) is 4.48. The molecular formula is C17H21NO2. The van der Waals surface area contributed by atoms with Crippen molar-refractivity contribution in [1.82, 2.24) is 0 Å². The predicted octanol–water partition coefficient (Wildman–Crippen LogP) is 3.75. The molecule has 3 heteroatoms. The molecule has 0 spiro atoms. The van der Waals surface area contributed by atoms with E-state index in [0.717, 1.165) is 30.2 Å². The van der Waals surface area contributed by atoms with E-state index in [9.17, 15) is 0 Å². The Kier molecular flexibility index (Phi) is 5.30. The quantitative estimate of drug-likeness (QED) is 0.832. The van der Waals surface area contributed by atoms with E-state index in [1.165, 1.54) is 5.56 Å². The predicted molar refractivity (Wildman–Crippen MR) is 82.8 cm³/mol. The number of hydrogen-bond donors (Lipinski definition) is 1. The maximum absolute atomic E-state index is 5.42. The molecule has 20 heavy (non-hydrogen) atoms. The first-order valence-corrected chi connectivity index (χ1v) is 6.91. The maximum atomic E-state index is 5.42. The van der Waals surface area contributed by atoms with Gasteiger partial charge < -0.3 is 14.8 Å². The van der Waals surface area contributed by atoms with E-state index in [0.29, 0.717) is 6.61 Å². The van der Waals surface area contributed by atoms with Crippen molar-refractivity contribution in [1.29, 1.82) is 0 Å². The summed E-state index contributed by atoms with van der Waals surface area (Å²) < 4.78 is 10.6. The minimum absolute atomic E-state index is 0.699. The van der Waals surface area contributed by atoms with Gasteiger partial charge in [0.25, 0.3) is 0 Å². The molecular weight excluding hydrogens is 250 g/mol. The molecule has 2 aromatic rings.